The van der Waals surface area contributed by atoms with Gasteiger partial charge in [0.05, 0.1) is 0 Å². The second-order valence-electron chi connectivity index (χ2n) is 7.55. The first kappa shape index (κ1) is 23.4. The zero-order chi connectivity index (χ0) is 22.6. The lowest BCUT2D eigenvalue weighted by atomic mass is 9.99. The van der Waals surface area contributed by atoms with Gasteiger partial charge in [-0.25, -0.2) is 0 Å². The van der Waals surface area contributed by atoms with Crippen LogP contribution in [0.25, 0.3) is 0 Å². The van der Waals surface area contributed by atoms with E-state index in [9.17, 15) is 27.6 Å². The highest BCUT2D eigenvalue weighted by Crippen LogP contribution is 2.36. The fourth-order valence-corrected chi connectivity index (χ4v) is 3.43. The van der Waals surface area contributed by atoms with Crippen molar-refractivity contribution in [3.05, 3.63) is 32.7 Å². The van der Waals surface area contributed by atoms with Crippen molar-refractivity contribution in [1.29, 1.82) is 5.26 Å². The van der Waals surface area contributed by atoms with Crippen molar-refractivity contribution in [2.75, 3.05) is 13.2 Å². The standard InChI is InChI=1S/C20H24F3N3O4/c1-11-15(12(2)25-19(29)16(11)8-24)6-7-18(28)30-9-17(27)26(10-20(21,22)23)13(3)14-4-5-14/h13-14H,4-7,9-10H2,1-3H3,(H,25,29)/t13-/m0/s1. The largest absolute Gasteiger partial charge is 0.456 e. The Bertz CT molecular complexity index is 914. The minimum Gasteiger partial charge on any atom is -0.456 e. The lowest BCUT2D eigenvalue weighted by Crippen LogP contribution is -2.47. The average molecular weight is 427 g/mol. The predicted octanol–water partition coefficient (Wildman–Crippen LogP) is 2.53. The molecule has 1 saturated carbocycles. The van der Waals surface area contributed by atoms with Crippen molar-refractivity contribution in [1.82, 2.24) is 9.88 Å². The van der Waals surface area contributed by atoms with E-state index in [-0.39, 0.29) is 24.3 Å². The number of esters is 1. The van der Waals surface area contributed by atoms with E-state index < -0.39 is 42.8 Å². The molecule has 1 fully saturated rings. The Balaban J connectivity index is 1.96. The number of carbonyl (C=O) groups excluding carboxylic acids is 2. The van der Waals surface area contributed by atoms with Gasteiger partial charge in [-0.05, 0) is 57.1 Å². The van der Waals surface area contributed by atoms with Crippen molar-refractivity contribution in [2.45, 2.75) is 58.7 Å². The molecule has 0 aliphatic heterocycles. The number of pyridine rings is 1. The first-order chi connectivity index (χ1) is 13.9. The minimum atomic E-state index is -4.54. The van der Waals surface area contributed by atoms with Crippen LogP contribution >= 0.6 is 0 Å². The minimum absolute atomic E-state index is 0.0347. The van der Waals surface area contributed by atoms with Crippen molar-refractivity contribution < 1.29 is 27.5 Å². The molecule has 30 heavy (non-hydrogen) atoms. The number of amides is 1. The molecule has 10 heteroatoms. The van der Waals surface area contributed by atoms with Crippen LogP contribution in [0.4, 0.5) is 13.2 Å². The van der Waals surface area contributed by atoms with Crippen LogP contribution in [0.1, 0.15) is 48.6 Å². The molecule has 1 atom stereocenters. The molecule has 0 bridgehead atoms. The first-order valence-electron chi connectivity index (χ1n) is 9.59. The molecule has 7 nitrogen and oxygen atoms in total. The Kier molecular flexibility index (Phi) is 7.29. The third kappa shape index (κ3) is 6.08. The Morgan fingerprint density at radius 3 is 2.50 bits per heavy atom. The van der Waals surface area contributed by atoms with Gasteiger partial charge in [-0.2, -0.15) is 18.4 Å². The van der Waals surface area contributed by atoms with Crippen LogP contribution in [0.5, 0.6) is 0 Å². The van der Waals surface area contributed by atoms with E-state index in [4.69, 9.17) is 10.00 Å². The van der Waals surface area contributed by atoms with Crippen LogP contribution in [0.15, 0.2) is 4.79 Å². The summed E-state index contributed by atoms with van der Waals surface area (Å²) in [5, 5.41) is 9.07. The smallest absolute Gasteiger partial charge is 0.406 e. The molecular formula is C20H24F3N3O4. The number of hydrogen-bond donors (Lipinski definition) is 1. The van der Waals surface area contributed by atoms with Crippen LogP contribution in [-0.2, 0) is 20.7 Å². The number of aromatic amines is 1. The summed E-state index contributed by atoms with van der Waals surface area (Å²) >= 11 is 0. The second-order valence-corrected chi connectivity index (χ2v) is 7.55. The maximum absolute atomic E-state index is 12.8. The quantitative estimate of drug-likeness (QED) is 0.642. The summed E-state index contributed by atoms with van der Waals surface area (Å²) in [5.41, 5.74) is 1.01. The van der Waals surface area contributed by atoms with E-state index >= 15 is 0 Å². The number of H-pyrrole nitrogens is 1. The molecule has 0 saturated heterocycles. The van der Waals surface area contributed by atoms with E-state index in [1.54, 1.807) is 20.8 Å². The number of rotatable bonds is 8. The predicted molar refractivity (Wildman–Crippen MR) is 100 cm³/mol. The van der Waals surface area contributed by atoms with Gasteiger partial charge < -0.3 is 14.6 Å². The van der Waals surface area contributed by atoms with Gasteiger partial charge in [0, 0.05) is 18.2 Å². The average Bonchev–Trinajstić information content (AvgIpc) is 3.48. The van der Waals surface area contributed by atoms with E-state index in [2.05, 4.69) is 4.98 Å². The number of alkyl halides is 3. The van der Waals surface area contributed by atoms with Gasteiger partial charge >= 0.3 is 12.1 Å². The highest BCUT2D eigenvalue weighted by molar-refractivity contribution is 5.81. The Hall–Kier alpha value is -2.83. The number of carbonyl (C=O) groups is 2. The maximum atomic E-state index is 12.8. The first-order valence-corrected chi connectivity index (χ1v) is 9.59. The number of aryl methyl sites for hydroxylation is 1. The summed E-state index contributed by atoms with van der Waals surface area (Å²) in [4.78, 5) is 39.3. The van der Waals surface area contributed by atoms with Crippen LogP contribution < -0.4 is 5.56 Å². The Morgan fingerprint density at radius 2 is 1.97 bits per heavy atom. The van der Waals surface area contributed by atoms with Crippen molar-refractivity contribution in [2.24, 2.45) is 5.92 Å². The third-order valence-electron chi connectivity index (χ3n) is 5.32. The number of ether oxygens (including phenoxy) is 1. The fraction of sp³-hybridized carbons (Fsp3) is 0.600. The molecule has 164 valence electrons. The molecule has 0 spiro atoms. The number of halogens is 3. The van der Waals surface area contributed by atoms with Crippen LogP contribution in [-0.4, -0.2) is 47.1 Å². The lowest BCUT2D eigenvalue weighted by molar-refractivity contribution is -0.170. The van der Waals surface area contributed by atoms with Crippen molar-refractivity contribution in [3.63, 3.8) is 0 Å². The Labute approximate surface area is 171 Å². The van der Waals surface area contributed by atoms with Crippen LogP contribution in [0.2, 0.25) is 0 Å². The summed E-state index contributed by atoms with van der Waals surface area (Å²) in [7, 11) is 0. The summed E-state index contributed by atoms with van der Waals surface area (Å²) in [5.74, 6) is -1.60. The molecule has 1 amide bonds. The third-order valence-corrected chi connectivity index (χ3v) is 5.32. The number of nitriles is 1. The molecule has 1 aliphatic carbocycles. The zero-order valence-corrected chi connectivity index (χ0v) is 17.1. The van der Waals surface area contributed by atoms with Crippen molar-refractivity contribution >= 4 is 11.9 Å². The van der Waals surface area contributed by atoms with Crippen LogP contribution in [0, 0.1) is 31.1 Å². The molecule has 1 aromatic rings. The van der Waals surface area contributed by atoms with Gasteiger partial charge in [0.2, 0.25) is 0 Å². The number of aromatic nitrogens is 1. The van der Waals surface area contributed by atoms with Gasteiger partial charge in [-0.1, -0.05) is 0 Å². The van der Waals surface area contributed by atoms with E-state index in [0.717, 1.165) is 17.7 Å². The molecule has 1 N–H and O–H groups in total. The number of nitrogens with one attached hydrogen (secondary N) is 1. The number of nitrogens with zero attached hydrogens (tertiary/aromatic N) is 2. The summed E-state index contributed by atoms with van der Waals surface area (Å²) < 4.78 is 43.4. The topological polar surface area (TPSA) is 103 Å². The summed E-state index contributed by atoms with van der Waals surface area (Å²) in [6, 6.07) is 1.24. The van der Waals surface area contributed by atoms with Gasteiger partial charge in [0.15, 0.2) is 6.61 Å². The molecule has 1 aromatic heterocycles. The second kappa shape index (κ2) is 9.32. The SMILES string of the molecule is Cc1[nH]c(=O)c(C#N)c(C)c1CCC(=O)OCC(=O)N(CC(F)(F)F)[C@@H](C)C1CC1. The number of hydrogen-bond acceptors (Lipinski definition) is 5. The highest BCUT2D eigenvalue weighted by Gasteiger charge is 2.40. The van der Waals surface area contributed by atoms with Crippen molar-refractivity contribution in [3.8, 4) is 6.07 Å². The lowest BCUT2D eigenvalue weighted by Gasteiger charge is -2.30. The molecule has 1 aliphatic rings. The molecule has 0 radical (unpaired) electrons. The molecule has 0 unspecified atom stereocenters. The van der Waals surface area contributed by atoms with Gasteiger partial charge in [0.25, 0.3) is 11.5 Å². The van der Waals surface area contributed by atoms with Gasteiger partial charge in [-0.3, -0.25) is 14.4 Å². The zero-order valence-electron chi connectivity index (χ0n) is 17.1. The fourth-order valence-electron chi connectivity index (χ4n) is 3.43. The summed E-state index contributed by atoms with van der Waals surface area (Å²) in [6.45, 7) is 2.65. The highest BCUT2D eigenvalue weighted by atomic mass is 19.4. The molecule has 0 aromatic carbocycles. The van der Waals surface area contributed by atoms with E-state index in [1.165, 1.54) is 0 Å². The van der Waals surface area contributed by atoms with E-state index in [0.29, 0.717) is 16.8 Å². The van der Waals surface area contributed by atoms with Gasteiger partial charge in [-0.15, -0.1) is 0 Å². The molecule has 1 heterocycles. The monoisotopic (exact) mass is 427 g/mol. The maximum Gasteiger partial charge on any atom is 0.406 e. The molecule has 2 rings (SSSR count). The van der Waals surface area contributed by atoms with Crippen LogP contribution in [0.3, 0.4) is 0 Å². The summed E-state index contributed by atoms with van der Waals surface area (Å²) in [6.07, 6.45) is -3.00. The Morgan fingerprint density at radius 1 is 1.33 bits per heavy atom. The van der Waals surface area contributed by atoms with Gasteiger partial charge in [0.1, 0.15) is 18.2 Å². The van der Waals surface area contributed by atoms with E-state index in [1.807, 2.05) is 6.07 Å². The normalized spacial score (nSPS) is 14.7. The molecular weight excluding hydrogens is 403 g/mol.